The van der Waals surface area contributed by atoms with Crippen LogP contribution >= 0.6 is 0 Å². The number of nitrogens with zero attached hydrogens (tertiary/aromatic N) is 2. The van der Waals surface area contributed by atoms with Crippen LogP contribution in [0.15, 0.2) is 24.5 Å². The zero-order valence-corrected chi connectivity index (χ0v) is 14.0. The van der Waals surface area contributed by atoms with Crippen molar-refractivity contribution in [1.29, 1.82) is 0 Å². The molecule has 1 aromatic rings. The van der Waals surface area contributed by atoms with E-state index in [4.69, 9.17) is 0 Å². The predicted molar refractivity (Wildman–Crippen MR) is 90.3 cm³/mol. The Morgan fingerprint density at radius 3 is 2.38 bits per heavy atom. The second kappa shape index (κ2) is 6.19. The number of hydrogen-bond acceptors (Lipinski definition) is 3. The van der Waals surface area contributed by atoms with E-state index in [9.17, 15) is 9.59 Å². The number of rotatable bonds is 5. The van der Waals surface area contributed by atoms with Crippen molar-refractivity contribution in [2.24, 2.45) is 11.8 Å². The van der Waals surface area contributed by atoms with Gasteiger partial charge >= 0.3 is 0 Å². The van der Waals surface area contributed by atoms with Gasteiger partial charge < -0.3 is 10.2 Å². The van der Waals surface area contributed by atoms with Gasteiger partial charge in [0.15, 0.2) is 0 Å². The summed E-state index contributed by atoms with van der Waals surface area (Å²) < 4.78 is 0. The Labute approximate surface area is 142 Å². The summed E-state index contributed by atoms with van der Waals surface area (Å²) in [4.78, 5) is 30.8. The average Bonchev–Trinajstić information content (AvgIpc) is 3.49. The standard InChI is InChI=1S/C19H25N3O2/c23-17(15-3-4-15)21-19(13-14-1-2-14)7-11-22(12-8-19)18(24)16-5-9-20-10-6-16/h5-6,9-10,14-15H,1-4,7-8,11-13H2,(H,21,23). The highest BCUT2D eigenvalue weighted by Crippen LogP contribution is 2.41. The van der Waals surface area contributed by atoms with Gasteiger partial charge in [-0.05, 0) is 50.2 Å². The van der Waals surface area contributed by atoms with Gasteiger partial charge in [0.1, 0.15) is 0 Å². The van der Waals surface area contributed by atoms with E-state index in [1.165, 1.54) is 12.8 Å². The SMILES string of the molecule is O=C(NC1(CC2CC2)CCN(C(=O)c2ccncc2)CC1)C1CC1. The van der Waals surface area contributed by atoms with Crippen molar-refractivity contribution >= 4 is 11.8 Å². The lowest BCUT2D eigenvalue weighted by Gasteiger charge is -2.43. The number of carbonyl (C=O) groups excluding carboxylic acids is 2. The second-order valence-electron chi connectivity index (χ2n) is 7.72. The van der Waals surface area contributed by atoms with Crippen molar-refractivity contribution in [1.82, 2.24) is 15.2 Å². The highest BCUT2D eigenvalue weighted by atomic mass is 16.2. The van der Waals surface area contributed by atoms with E-state index in [-0.39, 0.29) is 23.3 Å². The Morgan fingerprint density at radius 1 is 1.12 bits per heavy atom. The molecule has 5 nitrogen and oxygen atoms in total. The normalized spacial score (nSPS) is 22.9. The molecule has 0 aromatic carbocycles. The minimum atomic E-state index is -0.0874. The van der Waals surface area contributed by atoms with Crippen LogP contribution in [0.2, 0.25) is 0 Å². The average molecular weight is 327 g/mol. The van der Waals surface area contributed by atoms with Gasteiger partial charge in [0.2, 0.25) is 5.91 Å². The second-order valence-corrected chi connectivity index (χ2v) is 7.72. The smallest absolute Gasteiger partial charge is 0.253 e. The lowest BCUT2D eigenvalue weighted by Crippen LogP contribution is -2.56. The summed E-state index contributed by atoms with van der Waals surface area (Å²) in [5, 5.41) is 3.38. The zero-order chi connectivity index (χ0) is 16.6. The van der Waals surface area contributed by atoms with Crippen LogP contribution in [0.5, 0.6) is 0 Å². The number of amides is 2. The predicted octanol–water partition coefficient (Wildman–Crippen LogP) is 2.38. The summed E-state index contributed by atoms with van der Waals surface area (Å²) in [5.41, 5.74) is 0.609. The molecule has 0 bridgehead atoms. The zero-order valence-electron chi connectivity index (χ0n) is 14.0. The van der Waals surface area contributed by atoms with Crippen molar-refractivity contribution in [2.45, 2.75) is 50.5 Å². The minimum absolute atomic E-state index is 0.0749. The molecule has 128 valence electrons. The van der Waals surface area contributed by atoms with Gasteiger partial charge in [-0.2, -0.15) is 0 Å². The van der Waals surface area contributed by atoms with Gasteiger partial charge in [0, 0.05) is 42.5 Å². The summed E-state index contributed by atoms with van der Waals surface area (Å²) in [6.07, 6.45) is 10.8. The Bertz CT molecular complexity index is 615. The number of aromatic nitrogens is 1. The van der Waals surface area contributed by atoms with Crippen molar-refractivity contribution in [2.75, 3.05) is 13.1 Å². The molecule has 2 amide bonds. The van der Waals surface area contributed by atoms with Gasteiger partial charge in [-0.25, -0.2) is 0 Å². The van der Waals surface area contributed by atoms with Gasteiger partial charge in [-0.3, -0.25) is 14.6 Å². The third kappa shape index (κ3) is 3.45. The molecule has 1 N–H and O–H groups in total. The fraction of sp³-hybridized carbons (Fsp3) is 0.632. The number of hydrogen-bond donors (Lipinski definition) is 1. The molecular weight excluding hydrogens is 302 g/mol. The summed E-state index contributed by atoms with van der Waals surface area (Å²) >= 11 is 0. The van der Waals surface area contributed by atoms with Crippen LogP contribution in [0.3, 0.4) is 0 Å². The van der Waals surface area contributed by atoms with Crippen molar-refractivity contribution in [3.05, 3.63) is 30.1 Å². The quantitative estimate of drug-likeness (QED) is 0.903. The fourth-order valence-electron chi connectivity index (χ4n) is 3.78. The van der Waals surface area contributed by atoms with Crippen molar-refractivity contribution in [3.8, 4) is 0 Å². The molecule has 0 radical (unpaired) electrons. The van der Waals surface area contributed by atoms with Crippen LogP contribution in [0.4, 0.5) is 0 Å². The summed E-state index contributed by atoms with van der Waals surface area (Å²) in [6, 6.07) is 3.53. The van der Waals surface area contributed by atoms with Crippen LogP contribution in [0.1, 0.15) is 55.3 Å². The molecular formula is C19H25N3O2. The van der Waals surface area contributed by atoms with E-state index < -0.39 is 0 Å². The number of piperidine rings is 1. The first-order chi connectivity index (χ1) is 11.7. The lowest BCUT2D eigenvalue weighted by atomic mass is 9.82. The Hall–Kier alpha value is -1.91. The topological polar surface area (TPSA) is 62.3 Å². The van der Waals surface area contributed by atoms with Crippen LogP contribution in [-0.2, 0) is 4.79 Å². The Morgan fingerprint density at radius 2 is 1.79 bits per heavy atom. The molecule has 2 saturated carbocycles. The molecule has 0 atom stereocenters. The minimum Gasteiger partial charge on any atom is -0.350 e. The molecule has 0 spiro atoms. The third-order valence-electron chi connectivity index (χ3n) is 5.65. The number of pyridine rings is 1. The molecule has 1 aliphatic heterocycles. The Balaban J connectivity index is 1.41. The third-order valence-corrected chi connectivity index (χ3v) is 5.65. The van der Waals surface area contributed by atoms with E-state index in [0.717, 1.165) is 51.1 Å². The Kier molecular flexibility index (Phi) is 4.02. The first kappa shape index (κ1) is 15.6. The first-order valence-electron chi connectivity index (χ1n) is 9.17. The molecule has 4 rings (SSSR count). The van der Waals surface area contributed by atoms with Gasteiger partial charge in [-0.1, -0.05) is 12.8 Å². The molecule has 5 heteroatoms. The maximum Gasteiger partial charge on any atom is 0.253 e. The van der Waals surface area contributed by atoms with Crippen LogP contribution in [-0.4, -0.2) is 40.3 Å². The number of nitrogens with one attached hydrogen (secondary N) is 1. The molecule has 1 saturated heterocycles. The van der Waals surface area contributed by atoms with E-state index >= 15 is 0 Å². The number of likely N-dealkylation sites (tertiary alicyclic amines) is 1. The van der Waals surface area contributed by atoms with Crippen molar-refractivity contribution < 1.29 is 9.59 Å². The summed E-state index contributed by atoms with van der Waals surface area (Å²) in [6.45, 7) is 1.44. The molecule has 2 aliphatic carbocycles. The maximum atomic E-state index is 12.6. The van der Waals surface area contributed by atoms with E-state index in [0.29, 0.717) is 5.56 Å². The van der Waals surface area contributed by atoms with E-state index in [1.54, 1.807) is 24.5 Å². The fourth-order valence-corrected chi connectivity index (χ4v) is 3.78. The van der Waals surface area contributed by atoms with Crippen LogP contribution in [0.25, 0.3) is 0 Å². The summed E-state index contributed by atoms with van der Waals surface area (Å²) in [7, 11) is 0. The first-order valence-corrected chi connectivity index (χ1v) is 9.17. The molecule has 0 unspecified atom stereocenters. The van der Waals surface area contributed by atoms with Gasteiger partial charge in [0.25, 0.3) is 5.91 Å². The molecule has 24 heavy (non-hydrogen) atoms. The van der Waals surface area contributed by atoms with Crippen LogP contribution < -0.4 is 5.32 Å². The monoisotopic (exact) mass is 327 g/mol. The van der Waals surface area contributed by atoms with E-state index in [2.05, 4.69) is 10.3 Å². The molecule has 1 aromatic heterocycles. The lowest BCUT2D eigenvalue weighted by molar-refractivity contribution is -0.125. The largest absolute Gasteiger partial charge is 0.350 e. The highest BCUT2D eigenvalue weighted by molar-refractivity contribution is 5.94. The number of carbonyl (C=O) groups is 2. The molecule has 3 fully saturated rings. The van der Waals surface area contributed by atoms with Crippen LogP contribution in [0, 0.1) is 11.8 Å². The van der Waals surface area contributed by atoms with Gasteiger partial charge in [0.05, 0.1) is 0 Å². The maximum absolute atomic E-state index is 12.6. The van der Waals surface area contributed by atoms with Gasteiger partial charge in [-0.15, -0.1) is 0 Å². The van der Waals surface area contributed by atoms with E-state index in [1.807, 2.05) is 4.90 Å². The molecule has 2 heterocycles. The molecule has 3 aliphatic rings. The van der Waals surface area contributed by atoms with Crippen molar-refractivity contribution in [3.63, 3.8) is 0 Å². The summed E-state index contributed by atoms with van der Waals surface area (Å²) in [5.74, 6) is 1.33. The highest BCUT2D eigenvalue weighted by Gasteiger charge is 2.43.